The number of nitrogens with zero attached hydrogens (tertiary/aromatic N) is 1. The first-order valence-corrected chi connectivity index (χ1v) is 10.9. The number of carbonyl (C=O) groups excluding carboxylic acids is 3. The minimum atomic E-state index is -0.715. The van der Waals surface area contributed by atoms with Gasteiger partial charge >= 0.3 is 6.03 Å². The zero-order valence-electron chi connectivity index (χ0n) is 18.4. The van der Waals surface area contributed by atoms with Crippen molar-refractivity contribution in [2.45, 2.75) is 38.3 Å². The first kappa shape index (κ1) is 24.2. The SMILES string of the molecule is CN1C[C@H](NC(=O)Nc2ccccc2)CCC[C@@H](C(=O)NCc2cc(F)cc(F)c2)CC1=O. The van der Waals surface area contributed by atoms with E-state index in [9.17, 15) is 23.2 Å². The molecule has 1 fully saturated rings. The predicted octanol–water partition coefficient (Wildman–Crippen LogP) is 3.42. The number of para-hydroxylation sites is 1. The molecule has 1 saturated heterocycles. The molecule has 2 aromatic carbocycles. The Bertz CT molecular complexity index is 967. The van der Waals surface area contributed by atoms with Gasteiger partial charge < -0.3 is 20.9 Å². The molecule has 176 valence electrons. The van der Waals surface area contributed by atoms with Gasteiger partial charge in [-0.25, -0.2) is 13.6 Å². The summed E-state index contributed by atoms with van der Waals surface area (Å²) in [7, 11) is 1.64. The Balaban J connectivity index is 1.55. The van der Waals surface area contributed by atoms with Crippen LogP contribution in [0.5, 0.6) is 0 Å². The largest absolute Gasteiger partial charge is 0.352 e. The second kappa shape index (κ2) is 11.4. The van der Waals surface area contributed by atoms with E-state index >= 15 is 0 Å². The highest BCUT2D eigenvalue weighted by Gasteiger charge is 2.27. The second-order valence-electron chi connectivity index (χ2n) is 8.26. The Morgan fingerprint density at radius 2 is 1.76 bits per heavy atom. The topological polar surface area (TPSA) is 90.5 Å². The maximum absolute atomic E-state index is 13.4. The first-order valence-electron chi connectivity index (χ1n) is 10.9. The molecule has 1 aliphatic rings. The number of amides is 4. The number of rotatable bonds is 5. The average Bonchev–Trinajstić information content (AvgIpc) is 2.82. The molecule has 4 amide bonds. The minimum absolute atomic E-state index is 0.0299. The maximum atomic E-state index is 13.4. The monoisotopic (exact) mass is 458 g/mol. The Morgan fingerprint density at radius 3 is 2.45 bits per heavy atom. The van der Waals surface area contributed by atoms with E-state index in [4.69, 9.17) is 0 Å². The third-order valence-electron chi connectivity index (χ3n) is 5.57. The summed E-state index contributed by atoms with van der Waals surface area (Å²) in [5.74, 6) is -2.53. The van der Waals surface area contributed by atoms with Crippen LogP contribution in [0.1, 0.15) is 31.2 Å². The quantitative estimate of drug-likeness (QED) is 0.641. The van der Waals surface area contributed by atoms with Crippen molar-refractivity contribution in [2.75, 3.05) is 18.9 Å². The Morgan fingerprint density at radius 1 is 1.06 bits per heavy atom. The first-order chi connectivity index (χ1) is 15.8. The van der Waals surface area contributed by atoms with E-state index in [0.29, 0.717) is 37.1 Å². The molecule has 2 aromatic rings. The molecule has 7 nitrogen and oxygen atoms in total. The summed E-state index contributed by atoms with van der Waals surface area (Å²) in [5.41, 5.74) is 0.971. The summed E-state index contributed by atoms with van der Waals surface area (Å²) in [5, 5.41) is 8.34. The summed E-state index contributed by atoms with van der Waals surface area (Å²) >= 11 is 0. The van der Waals surface area contributed by atoms with E-state index in [1.165, 1.54) is 4.90 Å². The van der Waals surface area contributed by atoms with Crippen LogP contribution in [0.3, 0.4) is 0 Å². The maximum Gasteiger partial charge on any atom is 0.319 e. The molecule has 1 heterocycles. The van der Waals surface area contributed by atoms with Crippen molar-refractivity contribution in [1.29, 1.82) is 0 Å². The third kappa shape index (κ3) is 7.55. The zero-order chi connectivity index (χ0) is 23.8. The fourth-order valence-electron chi connectivity index (χ4n) is 3.87. The molecule has 0 unspecified atom stereocenters. The van der Waals surface area contributed by atoms with Gasteiger partial charge in [-0.2, -0.15) is 0 Å². The lowest BCUT2D eigenvalue weighted by atomic mass is 9.96. The van der Waals surface area contributed by atoms with Gasteiger partial charge in [-0.15, -0.1) is 0 Å². The lowest BCUT2D eigenvalue weighted by Crippen LogP contribution is -2.45. The van der Waals surface area contributed by atoms with Crippen molar-refractivity contribution in [3.8, 4) is 0 Å². The van der Waals surface area contributed by atoms with Crippen LogP contribution >= 0.6 is 0 Å². The van der Waals surface area contributed by atoms with Crippen molar-refractivity contribution in [3.63, 3.8) is 0 Å². The summed E-state index contributed by atoms with van der Waals surface area (Å²) in [6.45, 7) is 0.301. The number of hydrogen-bond donors (Lipinski definition) is 3. The molecule has 3 rings (SSSR count). The second-order valence-corrected chi connectivity index (χ2v) is 8.26. The number of anilines is 1. The van der Waals surface area contributed by atoms with Gasteiger partial charge in [0.1, 0.15) is 11.6 Å². The van der Waals surface area contributed by atoms with Gasteiger partial charge in [-0.05, 0) is 42.7 Å². The van der Waals surface area contributed by atoms with Gasteiger partial charge in [0.2, 0.25) is 11.8 Å². The Kier molecular flexibility index (Phi) is 8.34. The highest BCUT2D eigenvalue weighted by atomic mass is 19.1. The minimum Gasteiger partial charge on any atom is -0.352 e. The molecular formula is C24H28F2N4O3. The van der Waals surface area contributed by atoms with Crippen molar-refractivity contribution < 1.29 is 23.2 Å². The molecule has 9 heteroatoms. The number of hydrogen-bond acceptors (Lipinski definition) is 3. The van der Waals surface area contributed by atoms with Gasteiger partial charge in [0.25, 0.3) is 0 Å². The van der Waals surface area contributed by atoms with Crippen LogP contribution < -0.4 is 16.0 Å². The van der Waals surface area contributed by atoms with Crippen LogP contribution in [0, 0.1) is 17.6 Å². The average molecular weight is 459 g/mol. The lowest BCUT2D eigenvalue weighted by Gasteiger charge is -2.24. The fourth-order valence-corrected chi connectivity index (χ4v) is 3.87. The molecular weight excluding hydrogens is 430 g/mol. The van der Waals surface area contributed by atoms with Crippen molar-refractivity contribution in [2.24, 2.45) is 5.92 Å². The van der Waals surface area contributed by atoms with Gasteiger partial charge in [0.05, 0.1) is 0 Å². The number of likely N-dealkylation sites (N-methyl/N-ethyl adjacent to an activating group) is 1. The smallest absolute Gasteiger partial charge is 0.319 e. The van der Waals surface area contributed by atoms with Crippen molar-refractivity contribution >= 4 is 23.5 Å². The molecule has 2 atom stereocenters. The number of carbonyl (C=O) groups is 3. The number of halogens is 2. The zero-order valence-corrected chi connectivity index (χ0v) is 18.4. The van der Waals surface area contributed by atoms with E-state index < -0.39 is 17.6 Å². The van der Waals surface area contributed by atoms with Crippen LogP contribution in [0.4, 0.5) is 19.3 Å². The molecule has 3 N–H and O–H groups in total. The van der Waals surface area contributed by atoms with Gasteiger partial charge in [0.15, 0.2) is 0 Å². The summed E-state index contributed by atoms with van der Waals surface area (Å²) < 4.78 is 26.7. The highest BCUT2D eigenvalue weighted by Crippen LogP contribution is 2.19. The molecule has 0 saturated carbocycles. The van der Waals surface area contributed by atoms with Gasteiger partial charge in [0, 0.05) is 50.3 Å². The predicted molar refractivity (Wildman–Crippen MR) is 120 cm³/mol. The van der Waals surface area contributed by atoms with Crippen LogP contribution in [0.15, 0.2) is 48.5 Å². The molecule has 0 spiro atoms. The lowest BCUT2D eigenvalue weighted by molar-refractivity contribution is -0.135. The molecule has 0 bridgehead atoms. The molecule has 1 aliphatic heterocycles. The fraction of sp³-hybridized carbons (Fsp3) is 0.375. The standard InChI is InChI=1S/C24H28F2N4O3/c1-30-15-21(29-24(33)28-20-7-3-2-4-8-20)9-5-6-17(12-22(30)31)23(32)27-14-16-10-18(25)13-19(26)11-16/h2-4,7-8,10-11,13,17,21H,5-6,9,12,14-15H2,1H3,(H,27,32)(H2,28,29,33)/t17-,21-/m1/s1. The van der Waals surface area contributed by atoms with E-state index in [1.807, 2.05) is 18.2 Å². The van der Waals surface area contributed by atoms with E-state index in [-0.39, 0.29) is 36.9 Å². The third-order valence-corrected chi connectivity index (χ3v) is 5.57. The molecule has 0 radical (unpaired) electrons. The number of benzene rings is 2. The summed E-state index contributed by atoms with van der Waals surface area (Å²) in [6.07, 6.45) is 1.72. The van der Waals surface area contributed by atoms with Gasteiger partial charge in [-0.3, -0.25) is 9.59 Å². The molecule has 0 aromatic heterocycles. The Labute approximate surface area is 191 Å². The normalized spacial score (nSPS) is 19.1. The highest BCUT2D eigenvalue weighted by molar-refractivity contribution is 5.89. The summed E-state index contributed by atoms with van der Waals surface area (Å²) in [6, 6.07) is 11.5. The Hall–Kier alpha value is -3.49. The number of urea groups is 1. The van der Waals surface area contributed by atoms with Crippen LogP contribution in [-0.2, 0) is 16.1 Å². The molecule has 33 heavy (non-hydrogen) atoms. The van der Waals surface area contributed by atoms with E-state index in [1.54, 1.807) is 19.2 Å². The van der Waals surface area contributed by atoms with Crippen LogP contribution in [-0.4, -0.2) is 42.4 Å². The van der Waals surface area contributed by atoms with E-state index in [0.717, 1.165) is 18.2 Å². The van der Waals surface area contributed by atoms with Crippen molar-refractivity contribution in [1.82, 2.24) is 15.5 Å². The van der Waals surface area contributed by atoms with Crippen molar-refractivity contribution in [3.05, 3.63) is 65.7 Å². The number of nitrogens with one attached hydrogen (secondary N) is 3. The van der Waals surface area contributed by atoms with E-state index in [2.05, 4.69) is 16.0 Å². The molecule has 0 aliphatic carbocycles. The van der Waals surface area contributed by atoms with Crippen LogP contribution in [0.25, 0.3) is 0 Å². The van der Waals surface area contributed by atoms with Gasteiger partial charge in [-0.1, -0.05) is 24.6 Å². The van der Waals surface area contributed by atoms with Crippen LogP contribution in [0.2, 0.25) is 0 Å². The summed E-state index contributed by atoms with van der Waals surface area (Å²) in [4.78, 5) is 39.2.